The molecule has 6 heteroatoms. The van der Waals surface area contributed by atoms with Crippen LogP contribution in [0.3, 0.4) is 0 Å². The lowest BCUT2D eigenvalue weighted by molar-refractivity contribution is -0.299. The first-order chi connectivity index (χ1) is 14.6. The molecular weight excluding hydrogens is 392 g/mol. The topological polar surface area (TPSA) is 59.1 Å². The first-order valence-corrected chi connectivity index (χ1v) is 11.7. The first-order valence-electron chi connectivity index (χ1n) is 11.7. The molecule has 6 nitrogen and oxygen atoms in total. The van der Waals surface area contributed by atoms with Crippen LogP contribution < -0.4 is 4.90 Å². The Kier molecular flexibility index (Phi) is 7.11. The van der Waals surface area contributed by atoms with Crippen LogP contribution in [0.25, 0.3) is 0 Å². The number of benzene rings is 1. The average Bonchev–Trinajstić information content (AvgIpc) is 2.91. The third kappa shape index (κ3) is 4.96. The molecule has 1 aromatic carbocycles. The van der Waals surface area contributed by atoms with Crippen molar-refractivity contribution in [2.24, 2.45) is 0 Å². The zero-order valence-electron chi connectivity index (χ0n) is 19.8. The summed E-state index contributed by atoms with van der Waals surface area (Å²) in [5.74, 6) is -0.277. The van der Waals surface area contributed by atoms with Crippen LogP contribution in [-0.4, -0.2) is 40.3 Å². The predicted molar refractivity (Wildman–Crippen MR) is 122 cm³/mol. The number of hydroxylamine groups is 2. The van der Waals surface area contributed by atoms with Gasteiger partial charge in [0, 0.05) is 23.9 Å². The molecule has 1 spiro atoms. The molecule has 2 aliphatic heterocycles. The summed E-state index contributed by atoms with van der Waals surface area (Å²) < 4.78 is 5.82. The fourth-order valence-electron chi connectivity index (χ4n) is 5.38. The van der Waals surface area contributed by atoms with Gasteiger partial charge in [0.25, 0.3) is 5.91 Å². The number of ether oxygens (including phenoxy) is 1. The Bertz CT molecular complexity index is 757. The number of amides is 2. The van der Waals surface area contributed by atoms with Crippen molar-refractivity contribution in [1.29, 1.82) is 0 Å². The van der Waals surface area contributed by atoms with Gasteiger partial charge in [-0.05, 0) is 46.2 Å². The monoisotopic (exact) mass is 430 g/mol. The second-order valence-electron chi connectivity index (χ2n) is 10.2. The molecule has 0 unspecified atom stereocenters. The number of nitrogens with zero attached hydrogens (tertiary/aromatic N) is 2. The number of carbonyl (C=O) groups excluding carboxylic acids is 2. The largest absolute Gasteiger partial charge is 0.432 e. The number of hydrogen-bond donors (Lipinski definition) is 0. The van der Waals surface area contributed by atoms with Crippen LogP contribution in [0.15, 0.2) is 30.3 Å². The van der Waals surface area contributed by atoms with Gasteiger partial charge in [0.15, 0.2) is 5.60 Å². The lowest BCUT2D eigenvalue weighted by Crippen LogP contribution is -2.67. The van der Waals surface area contributed by atoms with Gasteiger partial charge in [-0.2, -0.15) is 5.06 Å². The summed E-state index contributed by atoms with van der Waals surface area (Å²) in [4.78, 5) is 33.6. The molecule has 2 amide bonds. The Morgan fingerprint density at radius 2 is 1.48 bits per heavy atom. The lowest BCUT2D eigenvalue weighted by Gasteiger charge is -2.55. The molecule has 2 heterocycles. The predicted octanol–water partition coefficient (Wildman–Crippen LogP) is 5.85. The van der Waals surface area contributed by atoms with Crippen molar-refractivity contribution in [2.45, 2.75) is 103 Å². The van der Waals surface area contributed by atoms with Crippen molar-refractivity contribution in [1.82, 2.24) is 5.06 Å². The van der Waals surface area contributed by atoms with E-state index in [1.165, 1.54) is 37.0 Å². The van der Waals surface area contributed by atoms with E-state index in [-0.39, 0.29) is 5.91 Å². The highest BCUT2D eigenvalue weighted by molar-refractivity contribution is 6.20. The van der Waals surface area contributed by atoms with Crippen molar-refractivity contribution in [2.75, 3.05) is 11.5 Å². The van der Waals surface area contributed by atoms with Crippen LogP contribution in [0.1, 0.15) is 86.0 Å². The van der Waals surface area contributed by atoms with Gasteiger partial charge in [-0.3, -0.25) is 9.63 Å². The molecule has 31 heavy (non-hydrogen) atoms. The highest BCUT2D eigenvalue weighted by atomic mass is 16.7. The van der Waals surface area contributed by atoms with Crippen LogP contribution in [0.2, 0.25) is 0 Å². The molecule has 3 rings (SSSR count). The molecule has 0 N–H and O–H groups in total. The van der Waals surface area contributed by atoms with Crippen molar-refractivity contribution in [3.8, 4) is 0 Å². The van der Waals surface area contributed by atoms with Gasteiger partial charge in [0.2, 0.25) is 0 Å². The van der Waals surface area contributed by atoms with Crippen LogP contribution in [0.5, 0.6) is 0 Å². The molecule has 0 radical (unpaired) electrons. The third-order valence-corrected chi connectivity index (χ3v) is 6.33. The Morgan fingerprint density at radius 1 is 0.903 bits per heavy atom. The Labute approximate surface area is 186 Å². The number of imide groups is 1. The molecule has 2 aliphatic rings. The first kappa shape index (κ1) is 23.7. The minimum Gasteiger partial charge on any atom is -0.432 e. The summed E-state index contributed by atoms with van der Waals surface area (Å²) >= 11 is 0. The molecule has 0 aliphatic carbocycles. The van der Waals surface area contributed by atoms with Crippen molar-refractivity contribution < 1.29 is 19.2 Å². The van der Waals surface area contributed by atoms with Gasteiger partial charge in [0.1, 0.15) is 0 Å². The van der Waals surface area contributed by atoms with E-state index in [4.69, 9.17) is 9.57 Å². The van der Waals surface area contributed by atoms with Crippen LogP contribution in [-0.2, 0) is 14.4 Å². The van der Waals surface area contributed by atoms with Gasteiger partial charge >= 0.3 is 6.09 Å². The second kappa shape index (κ2) is 9.29. The summed E-state index contributed by atoms with van der Waals surface area (Å²) in [6, 6.07) is 9.00. The van der Waals surface area contributed by atoms with Crippen molar-refractivity contribution in [3.05, 3.63) is 30.3 Å². The van der Waals surface area contributed by atoms with Crippen LogP contribution >= 0.6 is 0 Å². The van der Waals surface area contributed by atoms with E-state index < -0.39 is 22.8 Å². The summed E-state index contributed by atoms with van der Waals surface area (Å²) in [7, 11) is 0. The zero-order valence-corrected chi connectivity index (χ0v) is 19.8. The van der Waals surface area contributed by atoms with E-state index in [1.807, 2.05) is 23.3 Å². The quantitative estimate of drug-likeness (QED) is 0.460. The number of hydrogen-bond acceptors (Lipinski definition) is 5. The van der Waals surface area contributed by atoms with Crippen LogP contribution in [0.4, 0.5) is 10.5 Å². The average molecular weight is 431 g/mol. The zero-order chi connectivity index (χ0) is 22.7. The highest BCUT2D eigenvalue weighted by Crippen LogP contribution is 2.49. The molecule has 2 fully saturated rings. The molecule has 0 bridgehead atoms. The van der Waals surface area contributed by atoms with E-state index in [0.29, 0.717) is 25.1 Å². The normalized spacial score (nSPS) is 22.2. The fraction of sp³-hybridized carbons (Fsp3) is 0.680. The van der Waals surface area contributed by atoms with Gasteiger partial charge in [-0.15, -0.1) is 0 Å². The SMILES string of the molecule is CCCCCCCCON1C(C)(C)CC2(CC1(C)C)OC(=O)N(c1ccccc1)C2=O. The smallest absolute Gasteiger partial charge is 0.422 e. The second-order valence-corrected chi connectivity index (χ2v) is 10.2. The Hall–Kier alpha value is -1.92. The van der Waals surface area contributed by atoms with E-state index in [2.05, 4.69) is 34.6 Å². The molecule has 0 atom stereocenters. The van der Waals surface area contributed by atoms with E-state index in [9.17, 15) is 9.59 Å². The maximum Gasteiger partial charge on any atom is 0.422 e. The maximum atomic E-state index is 13.5. The highest BCUT2D eigenvalue weighted by Gasteiger charge is 2.64. The van der Waals surface area contributed by atoms with Crippen molar-refractivity contribution in [3.63, 3.8) is 0 Å². The van der Waals surface area contributed by atoms with Gasteiger partial charge in [-0.1, -0.05) is 57.2 Å². The number of rotatable bonds is 9. The molecule has 1 aromatic rings. The van der Waals surface area contributed by atoms with E-state index in [1.54, 1.807) is 12.1 Å². The standard InChI is InChI=1S/C25H38N2O4/c1-6-7-8-9-10-14-17-30-27-23(2,3)18-25(19-24(27,4)5)21(28)26(22(29)31-25)20-15-12-11-13-16-20/h11-13,15-16H,6-10,14,17-19H2,1-5H3. The van der Waals surface area contributed by atoms with E-state index >= 15 is 0 Å². The summed E-state index contributed by atoms with van der Waals surface area (Å²) in [5.41, 5.74) is -1.55. The van der Waals surface area contributed by atoms with Gasteiger partial charge in [0.05, 0.1) is 12.3 Å². The van der Waals surface area contributed by atoms with Crippen molar-refractivity contribution >= 4 is 17.7 Å². The fourth-order valence-corrected chi connectivity index (χ4v) is 5.38. The Balaban J connectivity index is 1.69. The number of unbranched alkanes of at least 4 members (excludes halogenated alkanes) is 5. The van der Waals surface area contributed by atoms with Gasteiger partial charge in [-0.25, -0.2) is 9.69 Å². The lowest BCUT2D eigenvalue weighted by atomic mass is 9.72. The number of piperidine rings is 1. The minimum atomic E-state index is -1.17. The van der Waals surface area contributed by atoms with E-state index in [0.717, 1.165) is 6.42 Å². The third-order valence-electron chi connectivity index (χ3n) is 6.33. The summed E-state index contributed by atoms with van der Waals surface area (Å²) in [6.07, 6.45) is 7.46. The Morgan fingerprint density at radius 3 is 2.10 bits per heavy atom. The van der Waals surface area contributed by atoms with Gasteiger partial charge < -0.3 is 4.74 Å². The van der Waals surface area contributed by atoms with Crippen LogP contribution in [0, 0.1) is 0 Å². The number of anilines is 1. The minimum absolute atomic E-state index is 0.277. The summed E-state index contributed by atoms with van der Waals surface area (Å²) in [5, 5.41) is 2.03. The molecular formula is C25H38N2O4. The summed E-state index contributed by atoms with van der Waals surface area (Å²) in [6.45, 7) is 11.1. The maximum absolute atomic E-state index is 13.5. The molecule has 2 saturated heterocycles. The number of para-hydroxylation sites is 1. The molecule has 0 saturated carbocycles. The molecule has 172 valence electrons. The number of carbonyl (C=O) groups is 2. The molecule has 0 aromatic heterocycles.